The van der Waals surface area contributed by atoms with Gasteiger partial charge in [0.05, 0.1) is 12.5 Å². The van der Waals surface area contributed by atoms with Crippen LogP contribution in [-0.4, -0.2) is 35.7 Å². The molecule has 0 unspecified atom stereocenters. The van der Waals surface area contributed by atoms with Gasteiger partial charge < -0.3 is 14.7 Å². The van der Waals surface area contributed by atoms with Crippen molar-refractivity contribution in [3.63, 3.8) is 0 Å². The van der Waals surface area contributed by atoms with E-state index in [1.165, 1.54) is 4.90 Å². The molecule has 1 aliphatic carbocycles. The first-order valence-corrected chi connectivity index (χ1v) is 8.19. The number of anilines is 1. The Kier molecular flexibility index (Phi) is 6.33. The van der Waals surface area contributed by atoms with Gasteiger partial charge in [0.25, 0.3) is 5.91 Å². The van der Waals surface area contributed by atoms with E-state index >= 15 is 0 Å². The maximum atomic E-state index is 12.4. The standard InChI is InChI=1S/C18H22N2O4/c19-12-7-13-20(15-8-3-1-4-9-15)16(21)14-24-17(22)18(23)10-5-2-6-11-18/h1,3-4,8-9,23H,2,5-7,10-11,13-14H2. The normalized spacial score (nSPS) is 16.0. The van der Waals surface area contributed by atoms with Crippen molar-refractivity contribution < 1.29 is 19.4 Å². The van der Waals surface area contributed by atoms with Gasteiger partial charge in [-0.15, -0.1) is 0 Å². The molecule has 6 nitrogen and oxygen atoms in total. The summed E-state index contributed by atoms with van der Waals surface area (Å²) in [6, 6.07) is 10.9. The lowest BCUT2D eigenvalue weighted by molar-refractivity contribution is -0.170. The van der Waals surface area contributed by atoms with Gasteiger partial charge in [0.2, 0.25) is 0 Å². The minimum absolute atomic E-state index is 0.179. The second-order valence-electron chi connectivity index (χ2n) is 5.96. The van der Waals surface area contributed by atoms with E-state index in [0.717, 1.165) is 19.3 Å². The molecule has 1 aliphatic rings. The zero-order valence-corrected chi connectivity index (χ0v) is 13.6. The van der Waals surface area contributed by atoms with Crippen LogP contribution in [0.4, 0.5) is 5.69 Å². The lowest BCUT2D eigenvalue weighted by atomic mass is 9.85. The van der Waals surface area contributed by atoms with Crippen LogP contribution in [0, 0.1) is 11.3 Å². The lowest BCUT2D eigenvalue weighted by Crippen LogP contribution is -2.44. The van der Waals surface area contributed by atoms with Crippen LogP contribution in [0.15, 0.2) is 30.3 Å². The number of hydrogen-bond acceptors (Lipinski definition) is 5. The fourth-order valence-electron chi connectivity index (χ4n) is 2.85. The van der Waals surface area contributed by atoms with Gasteiger partial charge >= 0.3 is 5.97 Å². The van der Waals surface area contributed by atoms with Crippen LogP contribution in [0.3, 0.4) is 0 Å². The Hall–Kier alpha value is -2.39. The molecule has 2 rings (SSSR count). The maximum Gasteiger partial charge on any atom is 0.338 e. The number of rotatable bonds is 6. The molecule has 0 heterocycles. The number of amides is 1. The summed E-state index contributed by atoms with van der Waals surface area (Å²) in [5.41, 5.74) is -0.826. The van der Waals surface area contributed by atoms with E-state index < -0.39 is 24.1 Å². The second kappa shape index (κ2) is 8.46. The van der Waals surface area contributed by atoms with Crippen LogP contribution in [0.25, 0.3) is 0 Å². The number of hydrogen-bond donors (Lipinski definition) is 1. The molecule has 1 aromatic carbocycles. The van der Waals surface area contributed by atoms with E-state index in [1.54, 1.807) is 24.3 Å². The van der Waals surface area contributed by atoms with E-state index in [1.807, 2.05) is 12.1 Å². The highest BCUT2D eigenvalue weighted by Gasteiger charge is 2.39. The van der Waals surface area contributed by atoms with Crippen LogP contribution in [0.5, 0.6) is 0 Å². The van der Waals surface area contributed by atoms with Crippen LogP contribution in [0.1, 0.15) is 38.5 Å². The molecule has 0 aromatic heterocycles. The number of esters is 1. The molecule has 0 radical (unpaired) electrons. The van der Waals surface area contributed by atoms with Crippen LogP contribution >= 0.6 is 0 Å². The third-order valence-electron chi connectivity index (χ3n) is 4.20. The molecule has 0 atom stereocenters. The number of aliphatic hydroxyl groups is 1. The summed E-state index contributed by atoms with van der Waals surface area (Å²) >= 11 is 0. The monoisotopic (exact) mass is 330 g/mol. The summed E-state index contributed by atoms with van der Waals surface area (Å²) in [4.78, 5) is 25.9. The highest BCUT2D eigenvalue weighted by Crippen LogP contribution is 2.29. The van der Waals surface area contributed by atoms with Crippen molar-refractivity contribution in [2.45, 2.75) is 44.1 Å². The van der Waals surface area contributed by atoms with E-state index in [4.69, 9.17) is 10.00 Å². The van der Waals surface area contributed by atoms with Crippen molar-refractivity contribution in [1.82, 2.24) is 0 Å². The van der Waals surface area contributed by atoms with Gasteiger partial charge in [0.15, 0.2) is 12.2 Å². The molecule has 0 saturated heterocycles. The number of carbonyl (C=O) groups excluding carboxylic acids is 2. The highest BCUT2D eigenvalue weighted by molar-refractivity contribution is 5.95. The van der Waals surface area contributed by atoms with E-state index in [9.17, 15) is 14.7 Å². The Balaban J connectivity index is 1.97. The topological polar surface area (TPSA) is 90.6 Å². The molecule has 24 heavy (non-hydrogen) atoms. The van der Waals surface area contributed by atoms with Gasteiger partial charge in [0.1, 0.15) is 0 Å². The van der Waals surface area contributed by atoms with Crippen LogP contribution in [-0.2, 0) is 14.3 Å². The van der Waals surface area contributed by atoms with Gasteiger partial charge in [-0.1, -0.05) is 24.6 Å². The lowest BCUT2D eigenvalue weighted by Gasteiger charge is -2.30. The fourth-order valence-corrected chi connectivity index (χ4v) is 2.85. The Bertz CT molecular complexity index is 603. The predicted octanol–water partition coefficient (Wildman–Crippen LogP) is 2.17. The Morgan fingerprint density at radius 2 is 1.88 bits per heavy atom. The largest absolute Gasteiger partial charge is 0.453 e. The molecule has 1 N–H and O–H groups in total. The molecule has 0 spiro atoms. The molecular weight excluding hydrogens is 308 g/mol. The molecule has 128 valence electrons. The summed E-state index contributed by atoms with van der Waals surface area (Å²) in [5.74, 6) is -1.15. The zero-order chi connectivity index (χ0) is 17.4. The number of ether oxygens (including phenoxy) is 1. The van der Waals surface area contributed by atoms with Gasteiger partial charge in [-0.25, -0.2) is 4.79 Å². The SMILES string of the molecule is N#CCCN(C(=O)COC(=O)C1(O)CCCCC1)c1ccccc1. The van der Waals surface area contributed by atoms with Crippen molar-refractivity contribution >= 4 is 17.6 Å². The number of carbonyl (C=O) groups is 2. The Labute approximate surface area is 141 Å². The van der Waals surface area contributed by atoms with Gasteiger partial charge in [-0.05, 0) is 37.8 Å². The average molecular weight is 330 g/mol. The average Bonchev–Trinajstić information content (AvgIpc) is 2.61. The van der Waals surface area contributed by atoms with Crippen LogP contribution in [0.2, 0.25) is 0 Å². The van der Waals surface area contributed by atoms with Crippen molar-refractivity contribution in [1.29, 1.82) is 5.26 Å². The minimum Gasteiger partial charge on any atom is -0.453 e. The maximum absolute atomic E-state index is 12.4. The molecule has 1 fully saturated rings. The molecule has 1 amide bonds. The third-order valence-corrected chi connectivity index (χ3v) is 4.20. The fraction of sp³-hybridized carbons (Fsp3) is 0.500. The van der Waals surface area contributed by atoms with Gasteiger partial charge in [-0.2, -0.15) is 5.26 Å². The zero-order valence-electron chi connectivity index (χ0n) is 13.6. The van der Waals surface area contributed by atoms with E-state index in [0.29, 0.717) is 18.5 Å². The third kappa shape index (κ3) is 4.56. The summed E-state index contributed by atoms with van der Waals surface area (Å²) in [6.07, 6.45) is 3.46. The first kappa shape index (κ1) is 18.0. The molecule has 0 bridgehead atoms. The number of nitrogens with zero attached hydrogens (tertiary/aromatic N) is 2. The number of para-hydroxylation sites is 1. The van der Waals surface area contributed by atoms with Gasteiger partial charge in [-0.3, -0.25) is 4.79 Å². The summed E-state index contributed by atoms with van der Waals surface area (Å²) in [7, 11) is 0. The first-order chi connectivity index (χ1) is 11.6. The Morgan fingerprint density at radius 1 is 1.21 bits per heavy atom. The van der Waals surface area contributed by atoms with E-state index in [-0.39, 0.29) is 13.0 Å². The number of benzene rings is 1. The number of nitriles is 1. The van der Waals surface area contributed by atoms with Crippen molar-refractivity contribution in [2.75, 3.05) is 18.1 Å². The first-order valence-electron chi connectivity index (χ1n) is 8.19. The minimum atomic E-state index is -1.47. The van der Waals surface area contributed by atoms with E-state index in [2.05, 4.69) is 0 Å². The summed E-state index contributed by atoms with van der Waals surface area (Å²) < 4.78 is 5.07. The molecular formula is C18H22N2O4. The molecule has 0 aliphatic heterocycles. The quantitative estimate of drug-likeness (QED) is 0.807. The summed E-state index contributed by atoms with van der Waals surface area (Å²) in [6.45, 7) is -0.220. The second-order valence-corrected chi connectivity index (χ2v) is 5.96. The smallest absolute Gasteiger partial charge is 0.338 e. The Morgan fingerprint density at radius 3 is 2.50 bits per heavy atom. The summed E-state index contributed by atoms with van der Waals surface area (Å²) in [5, 5.41) is 19.1. The van der Waals surface area contributed by atoms with Gasteiger partial charge in [0, 0.05) is 12.2 Å². The van der Waals surface area contributed by atoms with Crippen molar-refractivity contribution in [3.8, 4) is 6.07 Å². The van der Waals surface area contributed by atoms with Crippen molar-refractivity contribution in [2.24, 2.45) is 0 Å². The highest BCUT2D eigenvalue weighted by atomic mass is 16.6. The molecule has 6 heteroatoms. The molecule has 1 saturated carbocycles. The van der Waals surface area contributed by atoms with Crippen LogP contribution < -0.4 is 4.90 Å². The predicted molar refractivity (Wildman–Crippen MR) is 88.0 cm³/mol. The molecule has 1 aromatic rings. The van der Waals surface area contributed by atoms with Crippen molar-refractivity contribution in [3.05, 3.63) is 30.3 Å².